The number of rotatable bonds is 13. The van der Waals surface area contributed by atoms with E-state index in [0.717, 1.165) is 43.8 Å². The number of hydrogen-bond donors (Lipinski definition) is 3. The van der Waals surface area contributed by atoms with E-state index in [2.05, 4.69) is 39.4 Å². The highest BCUT2D eigenvalue weighted by atomic mass is 32.2. The first-order valence-corrected chi connectivity index (χ1v) is 26.3. The number of aromatic nitrogens is 2. The fourth-order valence-electron chi connectivity index (χ4n) is 10.2. The van der Waals surface area contributed by atoms with E-state index >= 15 is 0 Å². The third-order valence-corrected chi connectivity index (χ3v) is 15.8. The Balaban J connectivity index is 1.23. The highest BCUT2D eigenvalue weighted by Gasteiger charge is 2.68. The van der Waals surface area contributed by atoms with Gasteiger partial charge in [0.1, 0.15) is 28.6 Å². The number of aryl methyl sites for hydroxylation is 1. The molecule has 3 N–H and O–H groups in total. The molecule has 4 aromatic rings. The number of nitrogens with zero attached hydrogens (tertiary/aromatic N) is 6. The monoisotopic (exact) mass is 1040 g/mol. The number of esters is 2. The minimum Gasteiger partial charge on any atom is -0.597 e. The number of nitrogens with one attached hydrogen (secondary N) is 2. The standard InChI is InChI=1S/C54H72N8O11S/c1-13-60-42-17-16-33-25-37(42)38(45(60)39-27-55-19-18-34(39)29-71-11)26-54(7,8)30-73-51(68)40-15-14-20-61(57-40)49(66)41(23-32-21-35(33)24-36(63)22-32)56-48(65)44(31(2)3)59(10)43(64)28-58(9)50(67)46-47(52(69)72-12)62(46)74(70)53(4,5)6/h16-19,21-22,24-25,27,31,40-41,44,46-47,57,63H,13-15,20,23,26,28-30H2,1-12H3,(H,56,65)/t40-,41-,44?,46+,47-,62?,74+/m0/s1. The molecule has 2 aromatic heterocycles. The average Bonchev–Trinajstić information content (AvgIpc) is 4.02. The maximum absolute atomic E-state index is 14.8. The fourth-order valence-corrected chi connectivity index (χ4v) is 11.6. The summed E-state index contributed by atoms with van der Waals surface area (Å²) in [5.74, 6) is -4.24. The number of phenols is 1. The summed E-state index contributed by atoms with van der Waals surface area (Å²) in [5.41, 5.74) is 9.38. The maximum Gasteiger partial charge on any atom is 0.330 e. The van der Waals surface area contributed by atoms with Gasteiger partial charge in [-0.05, 0) is 111 Å². The molecule has 6 bridgehead atoms. The van der Waals surface area contributed by atoms with Crippen LogP contribution < -0.4 is 10.7 Å². The van der Waals surface area contributed by atoms with Crippen LogP contribution >= 0.6 is 0 Å². The van der Waals surface area contributed by atoms with Crippen molar-refractivity contribution in [2.45, 2.75) is 129 Å². The zero-order valence-electron chi connectivity index (χ0n) is 44.6. The van der Waals surface area contributed by atoms with Crippen LogP contribution in [0.25, 0.3) is 33.3 Å². The number of methoxy groups -OCH3 is 2. The summed E-state index contributed by atoms with van der Waals surface area (Å²) in [7, 11) is 5.66. The Bertz CT molecular complexity index is 2790. The molecule has 0 aliphatic carbocycles. The normalized spacial score (nSPS) is 21.8. The summed E-state index contributed by atoms with van der Waals surface area (Å²) in [6, 6.07) is 7.70. The smallest absolute Gasteiger partial charge is 0.330 e. The molecule has 7 atom stereocenters. The van der Waals surface area contributed by atoms with Crippen LogP contribution in [-0.4, -0.2) is 157 Å². The van der Waals surface area contributed by atoms with Gasteiger partial charge >= 0.3 is 11.9 Å². The number of cyclic esters (lactones) is 1. The number of aromatic hydroxyl groups is 1. The number of hydrogen-bond acceptors (Lipinski definition) is 14. The van der Waals surface area contributed by atoms with Crippen LogP contribution in [-0.2, 0) is 80.3 Å². The Morgan fingerprint density at radius 1 is 1.05 bits per heavy atom. The number of benzene rings is 2. The Hall–Kier alpha value is -6.06. The number of hydrazine groups is 1. The molecule has 0 radical (unpaired) electrons. The minimum atomic E-state index is -1.74. The number of fused-ring (bicyclic) bond motifs is 6. The lowest BCUT2D eigenvalue weighted by Gasteiger charge is -2.37. The molecule has 0 spiro atoms. The van der Waals surface area contributed by atoms with Gasteiger partial charge in [-0.1, -0.05) is 44.1 Å². The highest BCUT2D eigenvalue weighted by molar-refractivity contribution is 7.90. The van der Waals surface area contributed by atoms with Crippen LogP contribution in [0.15, 0.2) is 54.9 Å². The summed E-state index contributed by atoms with van der Waals surface area (Å²) in [5, 5.41) is 16.6. The molecule has 74 heavy (non-hydrogen) atoms. The van der Waals surface area contributed by atoms with Gasteiger partial charge in [0.15, 0.2) is 12.1 Å². The van der Waals surface area contributed by atoms with E-state index < -0.39 is 99.8 Å². The van der Waals surface area contributed by atoms with Crippen LogP contribution in [0.5, 0.6) is 5.75 Å². The highest BCUT2D eigenvalue weighted by Crippen LogP contribution is 2.42. The lowest BCUT2D eigenvalue weighted by atomic mass is 9.84. The molecule has 19 nitrogen and oxygen atoms in total. The van der Waals surface area contributed by atoms with Gasteiger partial charge in [-0.3, -0.25) is 38.8 Å². The number of pyridine rings is 1. The molecule has 400 valence electrons. The van der Waals surface area contributed by atoms with Crippen LogP contribution in [0.3, 0.4) is 0 Å². The number of carbonyl (C=O) groups excluding carboxylic acids is 6. The maximum atomic E-state index is 14.8. The van der Waals surface area contributed by atoms with Crippen LogP contribution in [0, 0.1) is 11.3 Å². The van der Waals surface area contributed by atoms with Crippen molar-refractivity contribution in [3.63, 3.8) is 0 Å². The predicted molar refractivity (Wildman–Crippen MR) is 279 cm³/mol. The van der Waals surface area contributed by atoms with Crippen LogP contribution in [0.4, 0.5) is 0 Å². The van der Waals surface area contributed by atoms with E-state index in [9.17, 15) is 38.4 Å². The van der Waals surface area contributed by atoms with E-state index in [4.69, 9.17) is 14.2 Å². The van der Waals surface area contributed by atoms with Crippen molar-refractivity contribution in [1.29, 1.82) is 0 Å². The third-order valence-electron chi connectivity index (χ3n) is 13.9. The first kappa shape index (κ1) is 55.7. The number of likely N-dealkylation sites (N-methyl/N-ethyl adjacent to an activating group) is 2. The molecule has 3 aliphatic heterocycles. The SMILES string of the molecule is CCn1c(-c2cnccc2COC)c2c3cc(ccc31)-c1cc(O)cc(c1)C[C@H](NC(=O)C(C(C)C)N(C)C(=O)CN(C)C(=O)[C@H]1[C@@H](C(=O)OC)N1[S@+]([O-])C(C)(C)C)C(=O)N1CCC[C@H](N1)C(=O)OCC(C)(C)C2. The van der Waals surface area contributed by atoms with E-state index in [1.807, 2.05) is 38.2 Å². The summed E-state index contributed by atoms with van der Waals surface area (Å²) < 4.78 is 32.7. The summed E-state index contributed by atoms with van der Waals surface area (Å²) >= 11 is -1.74. The first-order valence-electron chi connectivity index (χ1n) is 25.1. The second-order valence-corrected chi connectivity index (χ2v) is 23.9. The predicted octanol–water partition coefficient (Wildman–Crippen LogP) is 4.52. The molecule has 5 heterocycles. The molecule has 4 amide bonds. The number of phenolic OH excluding ortho intramolecular Hbond substituents is 1. The molecular weight excluding hydrogens is 969 g/mol. The average molecular weight is 1040 g/mol. The second kappa shape index (κ2) is 22.4. The van der Waals surface area contributed by atoms with Crippen LogP contribution in [0.1, 0.15) is 84.9 Å². The zero-order chi connectivity index (χ0) is 54.1. The molecule has 2 saturated heterocycles. The zero-order valence-corrected chi connectivity index (χ0v) is 45.5. The lowest BCUT2D eigenvalue weighted by Crippen LogP contribution is -2.62. The Morgan fingerprint density at radius 2 is 1.78 bits per heavy atom. The van der Waals surface area contributed by atoms with Gasteiger partial charge in [0.2, 0.25) is 17.7 Å². The van der Waals surface area contributed by atoms with Crippen LogP contribution in [0.2, 0.25) is 0 Å². The Kier molecular flexibility index (Phi) is 16.9. The third kappa shape index (κ3) is 11.7. The van der Waals surface area contributed by atoms with Crippen molar-refractivity contribution in [2.24, 2.45) is 11.3 Å². The van der Waals surface area contributed by atoms with Gasteiger partial charge in [-0.25, -0.2) is 5.43 Å². The van der Waals surface area contributed by atoms with Gasteiger partial charge in [0, 0.05) is 86.4 Å². The van der Waals surface area contributed by atoms with Crippen molar-refractivity contribution in [3.8, 4) is 28.1 Å². The summed E-state index contributed by atoms with van der Waals surface area (Å²) in [6.45, 7) is 15.7. The van der Waals surface area contributed by atoms with Crippen molar-refractivity contribution in [3.05, 3.63) is 71.5 Å². The van der Waals surface area contributed by atoms with E-state index in [1.165, 1.54) is 35.4 Å². The fraction of sp³-hybridized carbons (Fsp3) is 0.537. The number of carbonyl (C=O) groups is 6. The van der Waals surface area contributed by atoms with Gasteiger partial charge < -0.3 is 43.6 Å². The molecule has 20 heteroatoms. The molecule has 2 fully saturated rings. The molecule has 7 rings (SSSR count). The topological polar surface area (TPSA) is 228 Å². The summed E-state index contributed by atoms with van der Waals surface area (Å²) in [6.07, 6.45) is 4.89. The molecule has 0 saturated carbocycles. The van der Waals surface area contributed by atoms with Gasteiger partial charge in [0.05, 0.1) is 32.6 Å². The summed E-state index contributed by atoms with van der Waals surface area (Å²) in [4.78, 5) is 90.8. The van der Waals surface area contributed by atoms with E-state index in [0.29, 0.717) is 43.5 Å². The molecule has 3 aliphatic rings. The molecular formula is C54H72N8O11S. The van der Waals surface area contributed by atoms with Crippen molar-refractivity contribution < 1.29 is 52.6 Å². The van der Waals surface area contributed by atoms with Gasteiger partial charge in [-0.2, -0.15) is 0 Å². The Labute approximate surface area is 436 Å². The van der Waals surface area contributed by atoms with E-state index in [-0.39, 0.29) is 25.3 Å². The quantitative estimate of drug-likeness (QED) is 0.0951. The van der Waals surface area contributed by atoms with Gasteiger partial charge in [0.25, 0.3) is 5.91 Å². The van der Waals surface area contributed by atoms with Crippen molar-refractivity contribution in [2.75, 3.05) is 48.0 Å². The van der Waals surface area contributed by atoms with Crippen molar-refractivity contribution >= 4 is 57.8 Å². The van der Waals surface area contributed by atoms with Crippen molar-refractivity contribution in [1.82, 2.24) is 39.4 Å². The largest absolute Gasteiger partial charge is 0.597 e. The minimum absolute atomic E-state index is 0.0582. The Morgan fingerprint density at radius 3 is 2.45 bits per heavy atom. The second-order valence-electron chi connectivity index (χ2n) is 21.7. The van der Waals surface area contributed by atoms with E-state index in [1.54, 1.807) is 60.1 Å². The number of amides is 4. The lowest BCUT2D eigenvalue weighted by molar-refractivity contribution is -0.155. The molecule has 2 aromatic carbocycles. The molecule has 2 unspecified atom stereocenters. The number of ether oxygens (including phenoxy) is 3. The van der Waals surface area contributed by atoms with Gasteiger partial charge in [-0.15, -0.1) is 0 Å². The first-order chi connectivity index (χ1) is 34.9.